The quantitative estimate of drug-likeness (QED) is 0.884. The van der Waals surface area contributed by atoms with Crippen molar-refractivity contribution in [2.45, 2.75) is 13.0 Å². The van der Waals surface area contributed by atoms with Crippen molar-refractivity contribution in [3.05, 3.63) is 66.2 Å². The van der Waals surface area contributed by atoms with Gasteiger partial charge in [-0.05, 0) is 24.6 Å². The van der Waals surface area contributed by atoms with Crippen LogP contribution < -0.4 is 4.90 Å². The SMILES string of the molecule is CC(c1ccccc1)N(C(=O)O)c1ccccc1. The standard InChI is InChI=1S/C15H15NO2/c1-12(13-8-4-2-5-9-13)16(15(17)18)14-10-6-3-7-11-14/h2-12H,1H3,(H,17,18). The average molecular weight is 241 g/mol. The molecule has 0 spiro atoms. The highest BCUT2D eigenvalue weighted by Gasteiger charge is 2.22. The van der Waals surface area contributed by atoms with Gasteiger partial charge in [0.25, 0.3) is 0 Å². The Hall–Kier alpha value is -2.29. The van der Waals surface area contributed by atoms with Gasteiger partial charge in [-0.15, -0.1) is 0 Å². The van der Waals surface area contributed by atoms with Gasteiger partial charge >= 0.3 is 6.09 Å². The zero-order valence-electron chi connectivity index (χ0n) is 10.2. The maximum atomic E-state index is 11.4. The van der Waals surface area contributed by atoms with Gasteiger partial charge in [-0.3, -0.25) is 4.90 Å². The fraction of sp³-hybridized carbons (Fsp3) is 0.133. The molecule has 0 bridgehead atoms. The molecule has 3 heteroatoms. The Morgan fingerprint density at radius 2 is 1.50 bits per heavy atom. The molecular formula is C15H15NO2. The molecule has 18 heavy (non-hydrogen) atoms. The lowest BCUT2D eigenvalue weighted by Gasteiger charge is -2.26. The van der Waals surface area contributed by atoms with Crippen molar-refractivity contribution in [3.8, 4) is 0 Å². The van der Waals surface area contributed by atoms with E-state index in [0.29, 0.717) is 5.69 Å². The molecule has 1 atom stereocenters. The topological polar surface area (TPSA) is 40.5 Å². The summed E-state index contributed by atoms with van der Waals surface area (Å²) in [5.41, 5.74) is 1.66. The zero-order valence-corrected chi connectivity index (χ0v) is 10.2. The van der Waals surface area contributed by atoms with E-state index in [4.69, 9.17) is 0 Å². The first-order chi connectivity index (χ1) is 8.70. The van der Waals surface area contributed by atoms with Gasteiger partial charge in [0.2, 0.25) is 0 Å². The summed E-state index contributed by atoms with van der Waals surface area (Å²) in [6, 6.07) is 18.5. The number of carboxylic acid groups (broad SMARTS) is 1. The summed E-state index contributed by atoms with van der Waals surface area (Å²) in [5, 5.41) is 9.38. The van der Waals surface area contributed by atoms with Crippen LogP contribution in [-0.4, -0.2) is 11.2 Å². The van der Waals surface area contributed by atoms with Gasteiger partial charge in [-0.2, -0.15) is 0 Å². The van der Waals surface area contributed by atoms with E-state index < -0.39 is 6.09 Å². The fourth-order valence-corrected chi connectivity index (χ4v) is 1.97. The number of para-hydroxylation sites is 1. The van der Waals surface area contributed by atoms with Crippen LogP contribution >= 0.6 is 0 Å². The van der Waals surface area contributed by atoms with E-state index in [1.54, 1.807) is 12.1 Å². The molecule has 1 amide bonds. The van der Waals surface area contributed by atoms with Gasteiger partial charge < -0.3 is 5.11 Å². The number of rotatable bonds is 3. The lowest BCUT2D eigenvalue weighted by atomic mass is 10.1. The summed E-state index contributed by atoms with van der Waals surface area (Å²) in [5.74, 6) is 0. The molecule has 1 unspecified atom stereocenters. The number of anilines is 1. The predicted octanol–water partition coefficient (Wildman–Crippen LogP) is 3.93. The highest BCUT2D eigenvalue weighted by molar-refractivity contribution is 5.86. The minimum atomic E-state index is -0.947. The van der Waals surface area contributed by atoms with E-state index in [9.17, 15) is 9.90 Å². The second-order valence-electron chi connectivity index (χ2n) is 4.07. The van der Waals surface area contributed by atoms with Crippen molar-refractivity contribution < 1.29 is 9.90 Å². The molecule has 2 aromatic rings. The van der Waals surface area contributed by atoms with Gasteiger partial charge in [0.1, 0.15) is 0 Å². The lowest BCUT2D eigenvalue weighted by molar-refractivity contribution is 0.199. The molecule has 2 aromatic carbocycles. The second kappa shape index (κ2) is 5.36. The lowest BCUT2D eigenvalue weighted by Crippen LogP contribution is -2.32. The number of amides is 1. The van der Waals surface area contributed by atoms with Crippen molar-refractivity contribution in [2.75, 3.05) is 4.90 Å². The molecule has 0 fully saturated rings. The van der Waals surface area contributed by atoms with Crippen molar-refractivity contribution in [2.24, 2.45) is 0 Å². The monoisotopic (exact) mass is 241 g/mol. The molecule has 1 N–H and O–H groups in total. The van der Waals surface area contributed by atoms with Gasteiger partial charge in [0.05, 0.1) is 6.04 Å². The molecule has 0 aliphatic rings. The molecule has 0 aliphatic heterocycles. The van der Waals surface area contributed by atoms with E-state index in [1.165, 1.54) is 4.90 Å². The van der Waals surface area contributed by atoms with Crippen LogP contribution in [0.15, 0.2) is 60.7 Å². The van der Waals surface area contributed by atoms with E-state index >= 15 is 0 Å². The van der Waals surface area contributed by atoms with Crippen molar-refractivity contribution in [1.82, 2.24) is 0 Å². The maximum absolute atomic E-state index is 11.4. The molecule has 0 saturated heterocycles. The van der Waals surface area contributed by atoms with E-state index in [-0.39, 0.29) is 6.04 Å². The number of benzene rings is 2. The summed E-state index contributed by atoms with van der Waals surface area (Å²) in [7, 11) is 0. The number of carbonyl (C=O) groups is 1. The number of hydrogen-bond acceptors (Lipinski definition) is 1. The fourth-order valence-electron chi connectivity index (χ4n) is 1.97. The Balaban J connectivity index is 2.35. The Labute approximate surface area is 106 Å². The summed E-state index contributed by atoms with van der Waals surface area (Å²) in [6.07, 6.45) is -0.947. The first-order valence-electron chi connectivity index (χ1n) is 5.82. The van der Waals surface area contributed by atoms with Crippen LogP contribution in [0.1, 0.15) is 18.5 Å². The normalized spacial score (nSPS) is 11.8. The molecule has 0 saturated carbocycles. The van der Waals surface area contributed by atoms with Crippen LogP contribution in [0.3, 0.4) is 0 Å². The summed E-state index contributed by atoms with van der Waals surface area (Å²) < 4.78 is 0. The summed E-state index contributed by atoms with van der Waals surface area (Å²) in [4.78, 5) is 12.8. The predicted molar refractivity (Wildman–Crippen MR) is 71.8 cm³/mol. The Bertz CT molecular complexity index is 511. The number of hydrogen-bond donors (Lipinski definition) is 1. The third kappa shape index (κ3) is 2.51. The smallest absolute Gasteiger partial charge is 0.412 e. The average Bonchev–Trinajstić information content (AvgIpc) is 2.40. The Morgan fingerprint density at radius 1 is 1.00 bits per heavy atom. The second-order valence-corrected chi connectivity index (χ2v) is 4.07. The van der Waals surface area contributed by atoms with Crippen LogP contribution in [0.5, 0.6) is 0 Å². The maximum Gasteiger partial charge on any atom is 0.412 e. The van der Waals surface area contributed by atoms with E-state index in [0.717, 1.165) is 5.56 Å². The molecular weight excluding hydrogens is 226 g/mol. The third-order valence-corrected chi connectivity index (χ3v) is 2.91. The van der Waals surface area contributed by atoms with Gasteiger partial charge in [0, 0.05) is 5.69 Å². The van der Waals surface area contributed by atoms with Crippen molar-refractivity contribution >= 4 is 11.8 Å². The van der Waals surface area contributed by atoms with E-state index in [2.05, 4.69) is 0 Å². The van der Waals surface area contributed by atoms with Crippen LogP contribution in [0.25, 0.3) is 0 Å². The third-order valence-electron chi connectivity index (χ3n) is 2.91. The molecule has 2 rings (SSSR count). The first kappa shape index (κ1) is 12.2. The molecule has 0 aromatic heterocycles. The van der Waals surface area contributed by atoms with Crippen molar-refractivity contribution in [1.29, 1.82) is 0 Å². The number of nitrogens with zero attached hydrogens (tertiary/aromatic N) is 1. The zero-order chi connectivity index (χ0) is 13.0. The molecule has 0 radical (unpaired) electrons. The van der Waals surface area contributed by atoms with Crippen LogP contribution in [0.4, 0.5) is 10.5 Å². The highest BCUT2D eigenvalue weighted by Crippen LogP contribution is 2.26. The minimum Gasteiger partial charge on any atom is -0.465 e. The van der Waals surface area contributed by atoms with E-state index in [1.807, 2.05) is 55.5 Å². The van der Waals surface area contributed by atoms with Crippen LogP contribution in [-0.2, 0) is 0 Å². The molecule has 3 nitrogen and oxygen atoms in total. The molecule has 0 heterocycles. The highest BCUT2D eigenvalue weighted by atomic mass is 16.4. The Kier molecular flexibility index (Phi) is 3.63. The minimum absolute atomic E-state index is 0.217. The van der Waals surface area contributed by atoms with Gasteiger partial charge in [-0.1, -0.05) is 48.5 Å². The first-order valence-corrected chi connectivity index (χ1v) is 5.82. The summed E-state index contributed by atoms with van der Waals surface area (Å²) in [6.45, 7) is 1.89. The molecule has 0 aliphatic carbocycles. The van der Waals surface area contributed by atoms with Crippen LogP contribution in [0, 0.1) is 0 Å². The Morgan fingerprint density at radius 3 is 2.00 bits per heavy atom. The van der Waals surface area contributed by atoms with Crippen molar-refractivity contribution in [3.63, 3.8) is 0 Å². The largest absolute Gasteiger partial charge is 0.465 e. The van der Waals surface area contributed by atoms with Crippen LogP contribution in [0.2, 0.25) is 0 Å². The molecule has 92 valence electrons. The van der Waals surface area contributed by atoms with Gasteiger partial charge in [-0.25, -0.2) is 4.79 Å². The van der Waals surface area contributed by atoms with Gasteiger partial charge in [0.15, 0.2) is 0 Å². The summed E-state index contributed by atoms with van der Waals surface area (Å²) >= 11 is 0.